The van der Waals surface area contributed by atoms with Crippen molar-refractivity contribution in [3.05, 3.63) is 62.5 Å². The molecule has 0 aliphatic heterocycles. The second kappa shape index (κ2) is 11.2. The van der Waals surface area contributed by atoms with Crippen molar-refractivity contribution in [1.29, 1.82) is 0 Å². The summed E-state index contributed by atoms with van der Waals surface area (Å²) in [6.07, 6.45) is 2.14. The summed E-state index contributed by atoms with van der Waals surface area (Å²) in [5, 5.41) is 28.2. The second-order valence-electron chi connectivity index (χ2n) is 8.30. The fraction of sp³-hybridized carbons (Fsp3) is 0.458. The van der Waals surface area contributed by atoms with Crippen LogP contribution in [0.2, 0.25) is 5.02 Å². The highest BCUT2D eigenvalue weighted by Gasteiger charge is 2.33. The van der Waals surface area contributed by atoms with E-state index in [9.17, 15) is 15.0 Å². The van der Waals surface area contributed by atoms with Crippen molar-refractivity contribution >= 4 is 17.2 Å². The minimum Gasteiger partial charge on any atom is -0.496 e. The van der Waals surface area contributed by atoms with Crippen LogP contribution >= 0.6 is 11.6 Å². The van der Waals surface area contributed by atoms with E-state index >= 15 is 0 Å². The smallest absolute Gasteiger partial charge is 0.248 e. The number of hydrogen-bond acceptors (Lipinski definition) is 7. The van der Waals surface area contributed by atoms with Crippen LogP contribution in [0.4, 0.5) is 0 Å². The van der Waals surface area contributed by atoms with E-state index in [1.54, 1.807) is 32.2 Å². The Labute approximate surface area is 198 Å². The zero-order chi connectivity index (χ0) is 24.0. The molecule has 1 aromatic heterocycles. The standard InChI is InChI=1S/C24H32ClN3O5/c1-24(31)8-7-16(17-5-6-22(30)28-23(17)24)19(29)14-27-13-15-11-18(25)21(12-20(15)32-3)33-10-4-9-26-2/h5-7,11-12,19,26-27,29,31H,4,8-10,13-14H2,1-3H3,(H,28,30). The molecular formula is C24H32ClN3O5. The maximum atomic E-state index is 11.7. The summed E-state index contributed by atoms with van der Waals surface area (Å²) < 4.78 is 11.2. The zero-order valence-corrected chi connectivity index (χ0v) is 20.0. The number of rotatable bonds is 11. The number of ether oxygens (including phenoxy) is 2. The van der Waals surface area contributed by atoms with Gasteiger partial charge in [-0.1, -0.05) is 17.7 Å². The summed E-state index contributed by atoms with van der Waals surface area (Å²) in [5.41, 5.74) is 1.08. The Balaban J connectivity index is 1.65. The lowest BCUT2D eigenvalue weighted by atomic mass is 9.82. The molecule has 5 N–H and O–H groups in total. The summed E-state index contributed by atoms with van der Waals surface area (Å²) in [4.78, 5) is 14.4. The molecule has 1 aromatic carbocycles. The van der Waals surface area contributed by atoms with Crippen LogP contribution in [0.3, 0.4) is 0 Å². The Kier molecular flexibility index (Phi) is 8.56. The lowest BCUT2D eigenvalue weighted by Gasteiger charge is -2.31. The maximum absolute atomic E-state index is 11.7. The van der Waals surface area contributed by atoms with Crippen LogP contribution in [-0.4, -0.2) is 55.2 Å². The van der Waals surface area contributed by atoms with Gasteiger partial charge in [0.1, 0.15) is 17.1 Å². The number of nitrogens with one attached hydrogen (secondary N) is 3. The number of pyridine rings is 1. The number of halogens is 1. The number of aliphatic hydroxyl groups excluding tert-OH is 1. The second-order valence-corrected chi connectivity index (χ2v) is 8.70. The number of benzene rings is 1. The molecule has 2 unspecified atom stereocenters. The van der Waals surface area contributed by atoms with Gasteiger partial charge in [-0.2, -0.15) is 0 Å². The predicted octanol–water partition coefficient (Wildman–Crippen LogP) is 2.17. The van der Waals surface area contributed by atoms with E-state index in [2.05, 4.69) is 15.6 Å². The molecule has 33 heavy (non-hydrogen) atoms. The van der Waals surface area contributed by atoms with Crippen LogP contribution in [0.15, 0.2) is 35.1 Å². The third-order valence-electron chi connectivity index (χ3n) is 5.66. The first-order valence-electron chi connectivity index (χ1n) is 11.0. The van der Waals surface area contributed by atoms with Gasteiger partial charge in [0.25, 0.3) is 0 Å². The van der Waals surface area contributed by atoms with E-state index in [1.165, 1.54) is 6.07 Å². The number of methoxy groups -OCH3 is 1. The number of aromatic amines is 1. The number of H-pyrrole nitrogens is 1. The molecule has 3 rings (SSSR count). The van der Waals surface area contributed by atoms with Crippen LogP contribution in [0.1, 0.15) is 36.6 Å². The highest BCUT2D eigenvalue weighted by atomic mass is 35.5. The molecule has 0 fully saturated rings. The molecule has 8 nitrogen and oxygen atoms in total. The Hall–Kier alpha value is -2.36. The molecule has 0 saturated heterocycles. The third kappa shape index (κ3) is 6.16. The van der Waals surface area contributed by atoms with Crippen molar-refractivity contribution in [3.63, 3.8) is 0 Å². The highest BCUT2D eigenvalue weighted by molar-refractivity contribution is 6.32. The molecule has 0 radical (unpaired) electrons. The van der Waals surface area contributed by atoms with Crippen LogP contribution in [0, 0.1) is 0 Å². The molecule has 1 aliphatic rings. The average molecular weight is 478 g/mol. The van der Waals surface area contributed by atoms with Gasteiger partial charge in [0.15, 0.2) is 0 Å². The monoisotopic (exact) mass is 477 g/mol. The lowest BCUT2D eigenvalue weighted by molar-refractivity contribution is 0.0532. The van der Waals surface area contributed by atoms with Crippen molar-refractivity contribution in [2.24, 2.45) is 0 Å². The van der Waals surface area contributed by atoms with Crippen molar-refractivity contribution in [1.82, 2.24) is 15.6 Å². The van der Waals surface area contributed by atoms with E-state index in [1.807, 2.05) is 13.1 Å². The first-order valence-corrected chi connectivity index (χ1v) is 11.3. The SMILES string of the molecule is CNCCCOc1cc(OC)c(CNCC(O)C2=CCC(C)(O)c3[nH]c(=O)ccc32)cc1Cl. The van der Waals surface area contributed by atoms with Crippen LogP contribution in [0.25, 0.3) is 5.57 Å². The Morgan fingerprint density at radius 2 is 2.09 bits per heavy atom. The third-order valence-corrected chi connectivity index (χ3v) is 5.96. The molecule has 1 heterocycles. The Morgan fingerprint density at radius 1 is 1.30 bits per heavy atom. The van der Waals surface area contributed by atoms with Gasteiger partial charge in [-0.15, -0.1) is 0 Å². The fourth-order valence-electron chi connectivity index (χ4n) is 3.88. The van der Waals surface area contributed by atoms with Gasteiger partial charge in [-0.05, 0) is 44.6 Å². The summed E-state index contributed by atoms with van der Waals surface area (Å²) in [6.45, 7) is 3.72. The fourth-order valence-corrected chi connectivity index (χ4v) is 4.12. The van der Waals surface area contributed by atoms with Gasteiger partial charge in [0.2, 0.25) is 5.56 Å². The number of aromatic nitrogens is 1. The van der Waals surface area contributed by atoms with Gasteiger partial charge >= 0.3 is 0 Å². The molecule has 0 bridgehead atoms. The molecule has 0 amide bonds. The van der Waals surface area contributed by atoms with E-state index < -0.39 is 11.7 Å². The van der Waals surface area contributed by atoms with Crippen molar-refractivity contribution in [3.8, 4) is 11.5 Å². The zero-order valence-electron chi connectivity index (χ0n) is 19.2. The average Bonchev–Trinajstić information content (AvgIpc) is 2.78. The van der Waals surface area contributed by atoms with Crippen molar-refractivity contribution in [2.45, 2.75) is 38.0 Å². The summed E-state index contributed by atoms with van der Waals surface area (Å²) in [7, 11) is 3.48. The summed E-state index contributed by atoms with van der Waals surface area (Å²) in [6, 6.07) is 6.59. The van der Waals surface area contributed by atoms with Crippen molar-refractivity contribution < 1.29 is 19.7 Å². The minimum absolute atomic E-state index is 0.260. The number of fused-ring (bicyclic) bond motifs is 1. The molecule has 2 aromatic rings. The Morgan fingerprint density at radius 3 is 2.82 bits per heavy atom. The van der Waals surface area contributed by atoms with Gasteiger partial charge in [-0.3, -0.25) is 4.79 Å². The first-order chi connectivity index (χ1) is 15.8. The van der Waals surface area contributed by atoms with E-state index in [-0.39, 0.29) is 12.1 Å². The van der Waals surface area contributed by atoms with Gasteiger partial charge in [-0.25, -0.2) is 0 Å². The molecule has 180 valence electrons. The molecule has 1 aliphatic carbocycles. The van der Waals surface area contributed by atoms with E-state index in [0.717, 1.165) is 18.5 Å². The van der Waals surface area contributed by atoms with Gasteiger partial charge < -0.3 is 35.3 Å². The van der Waals surface area contributed by atoms with E-state index in [0.29, 0.717) is 52.9 Å². The number of aliphatic hydroxyl groups is 2. The van der Waals surface area contributed by atoms with Crippen LogP contribution in [-0.2, 0) is 12.1 Å². The quantitative estimate of drug-likeness (QED) is 0.315. The molecule has 9 heteroatoms. The van der Waals surface area contributed by atoms with Crippen LogP contribution < -0.4 is 25.7 Å². The predicted molar refractivity (Wildman–Crippen MR) is 129 cm³/mol. The highest BCUT2D eigenvalue weighted by Crippen LogP contribution is 2.37. The first kappa shape index (κ1) is 25.3. The Bertz CT molecular complexity index is 1050. The molecule has 0 saturated carbocycles. The van der Waals surface area contributed by atoms with Gasteiger partial charge in [0, 0.05) is 42.8 Å². The molecule has 2 atom stereocenters. The summed E-state index contributed by atoms with van der Waals surface area (Å²) in [5.74, 6) is 1.21. The normalized spacial score (nSPS) is 18.4. The summed E-state index contributed by atoms with van der Waals surface area (Å²) >= 11 is 6.39. The maximum Gasteiger partial charge on any atom is 0.248 e. The number of hydrogen-bond donors (Lipinski definition) is 5. The molecular weight excluding hydrogens is 446 g/mol. The lowest BCUT2D eigenvalue weighted by Crippen LogP contribution is -2.34. The van der Waals surface area contributed by atoms with Crippen molar-refractivity contribution in [2.75, 3.05) is 33.9 Å². The van der Waals surface area contributed by atoms with Crippen LogP contribution in [0.5, 0.6) is 11.5 Å². The topological polar surface area (TPSA) is 116 Å². The largest absolute Gasteiger partial charge is 0.496 e. The van der Waals surface area contributed by atoms with E-state index in [4.69, 9.17) is 21.1 Å². The molecule has 0 spiro atoms. The minimum atomic E-state index is -1.19. The van der Waals surface area contributed by atoms with Gasteiger partial charge in [0.05, 0.1) is 30.5 Å².